The summed E-state index contributed by atoms with van der Waals surface area (Å²) in [5, 5.41) is 0. The zero-order valence-electron chi connectivity index (χ0n) is 11.5. The highest BCUT2D eigenvalue weighted by atomic mass is 15.1. The van der Waals surface area contributed by atoms with Crippen LogP contribution in [0.5, 0.6) is 0 Å². The van der Waals surface area contributed by atoms with Gasteiger partial charge in [-0.2, -0.15) is 0 Å². The third-order valence-electron chi connectivity index (χ3n) is 4.30. The van der Waals surface area contributed by atoms with Crippen LogP contribution in [0, 0.1) is 13.8 Å². The van der Waals surface area contributed by atoms with Crippen molar-refractivity contribution in [1.29, 1.82) is 0 Å². The number of hydrogen-bond acceptors (Lipinski definition) is 1. The van der Waals surface area contributed by atoms with E-state index in [0.29, 0.717) is 5.92 Å². The van der Waals surface area contributed by atoms with E-state index < -0.39 is 0 Å². The van der Waals surface area contributed by atoms with Crippen LogP contribution in [-0.4, -0.2) is 7.05 Å². The van der Waals surface area contributed by atoms with E-state index in [0.717, 1.165) is 0 Å². The van der Waals surface area contributed by atoms with Gasteiger partial charge in [-0.3, -0.25) is 0 Å². The number of aryl methyl sites for hydroxylation is 1. The van der Waals surface area contributed by atoms with Gasteiger partial charge in [-0.1, -0.05) is 37.3 Å². The second kappa shape index (κ2) is 3.88. The van der Waals surface area contributed by atoms with Crippen molar-refractivity contribution in [2.24, 2.45) is 0 Å². The molecule has 0 fully saturated rings. The van der Waals surface area contributed by atoms with Gasteiger partial charge in [0.15, 0.2) is 0 Å². The molecule has 1 unspecified atom stereocenters. The van der Waals surface area contributed by atoms with Gasteiger partial charge >= 0.3 is 0 Å². The second-order valence-electron chi connectivity index (χ2n) is 5.28. The van der Waals surface area contributed by atoms with E-state index in [-0.39, 0.29) is 0 Å². The van der Waals surface area contributed by atoms with Gasteiger partial charge in [0.05, 0.1) is 0 Å². The van der Waals surface area contributed by atoms with E-state index in [4.69, 9.17) is 0 Å². The molecule has 0 spiro atoms. The molecule has 1 heteroatoms. The highest BCUT2D eigenvalue weighted by Gasteiger charge is 2.26. The van der Waals surface area contributed by atoms with Crippen molar-refractivity contribution < 1.29 is 0 Å². The Morgan fingerprint density at radius 1 is 0.944 bits per heavy atom. The van der Waals surface area contributed by atoms with Crippen molar-refractivity contribution >= 4 is 11.4 Å². The molecule has 2 aromatic carbocycles. The maximum Gasteiger partial charge on any atom is 0.0479 e. The molecule has 1 nitrogen and oxygen atoms in total. The van der Waals surface area contributed by atoms with Crippen LogP contribution in [0.25, 0.3) is 0 Å². The van der Waals surface area contributed by atoms with Crippen molar-refractivity contribution in [1.82, 2.24) is 0 Å². The molecule has 0 saturated heterocycles. The zero-order valence-corrected chi connectivity index (χ0v) is 11.5. The first-order valence-electron chi connectivity index (χ1n) is 6.54. The van der Waals surface area contributed by atoms with Gasteiger partial charge in [-0.15, -0.1) is 0 Å². The highest BCUT2D eigenvalue weighted by Crippen LogP contribution is 2.46. The number of para-hydroxylation sites is 1. The fourth-order valence-electron chi connectivity index (χ4n) is 3.06. The number of nitrogens with zero attached hydrogens (tertiary/aromatic N) is 1. The fourth-order valence-corrected chi connectivity index (χ4v) is 3.06. The maximum absolute atomic E-state index is 2.34. The summed E-state index contributed by atoms with van der Waals surface area (Å²) >= 11 is 0. The van der Waals surface area contributed by atoms with Gasteiger partial charge in [-0.25, -0.2) is 0 Å². The summed E-state index contributed by atoms with van der Waals surface area (Å²) in [6, 6.07) is 13.2. The van der Waals surface area contributed by atoms with E-state index in [1.165, 1.54) is 33.6 Å². The predicted molar refractivity (Wildman–Crippen MR) is 77.9 cm³/mol. The molecule has 1 aliphatic rings. The van der Waals surface area contributed by atoms with Crippen LogP contribution in [0.4, 0.5) is 11.4 Å². The highest BCUT2D eigenvalue weighted by molar-refractivity contribution is 5.78. The van der Waals surface area contributed by atoms with Crippen LogP contribution >= 0.6 is 0 Å². The standard InChI is InChI=1S/C17H19N/c1-11-9-10-15-13(3)14-7-5-6-8-16(14)18(4)17(15)12(11)2/h5-10,13H,1-4H3. The minimum absolute atomic E-state index is 0.478. The fraction of sp³-hybridized carbons (Fsp3) is 0.294. The number of rotatable bonds is 0. The second-order valence-corrected chi connectivity index (χ2v) is 5.28. The topological polar surface area (TPSA) is 3.24 Å². The van der Waals surface area contributed by atoms with Crippen molar-refractivity contribution in [3.63, 3.8) is 0 Å². The predicted octanol–water partition coefficient (Wildman–Crippen LogP) is 4.54. The Labute approximate surface area is 109 Å². The number of fused-ring (bicyclic) bond motifs is 2. The number of anilines is 2. The van der Waals surface area contributed by atoms with Crippen LogP contribution in [0.1, 0.15) is 35.1 Å². The molecular formula is C17H19N. The molecule has 0 amide bonds. The molecule has 2 aromatic rings. The summed E-state index contributed by atoms with van der Waals surface area (Å²) in [4.78, 5) is 2.34. The van der Waals surface area contributed by atoms with E-state index in [2.05, 4.69) is 69.1 Å². The third kappa shape index (κ3) is 1.40. The minimum atomic E-state index is 0.478. The monoisotopic (exact) mass is 237 g/mol. The minimum Gasteiger partial charge on any atom is -0.344 e. The average molecular weight is 237 g/mol. The van der Waals surface area contributed by atoms with Gasteiger partial charge in [0.1, 0.15) is 0 Å². The van der Waals surface area contributed by atoms with Crippen LogP contribution in [-0.2, 0) is 0 Å². The Kier molecular flexibility index (Phi) is 2.44. The number of benzene rings is 2. The lowest BCUT2D eigenvalue weighted by Gasteiger charge is -2.35. The maximum atomic E-state index is 2.34. The molecule has 92 valence electrons. The first-order chi connectivity index (χ1) is 8.61. The third-order valence-corrected chi connectivity index (χ3v) is 4.30. The van der Waals surface area contributed by atoms with Crippen LogP contribution < -0.4 is 4.90 Å². The molecule has 0 radical (unpaired) electrons. The molecule has 0 bridgehead atoms. The molecule has 0 saturated carbocycles. The summed E-state index contributed by atoms with van der Waals surface area (Å²) in [6.45, 7) is 6.72. The van der Waals surface area contributed by atoms with Crippen molar-refractivity contribution in [3.8, 4) is 0 Å². The summed E-state index contributed by atoms with van der Waals surface area (Å²) in [5.74, 6) is 0.478. The van der Waals surface area contributed by atoms with E-state index in [1.54, 1.807) is 0 Å². The molecule has 1 aliphatic heterocycles. The number of hydrogen-bond donors (Lipinski definition) is 0. The SMILES string of the molecule is Cc1ccc2c(c1C)N(C)c1ccccc1C2C. The summed E-state index contributed by atoms with van der Waals surface area (Å²) in [7, 11) is 2.18. The van der Waals surface area contributed by atoms with Crippen molar-refractivity contribution in [3.05, 3.63) is 58.7 Å². The molecule has 0 N–H and O–H groups in total. The van der Waals surface area contributed by atoms with Crippen molar-refractivity contribution in [2.75, 3.05) is 11.9 Å². The Bertz CT molecular complexity index is 613. The van der Waals surface area contributed by atoms with Gasteiger partial charge in [0, 0.05) is 24.3 Å². The van der Waals surface area contributed by atoms with Crippen LogP contribution in [0.3, 0.4) is 0 Å². The first-order valence-corrected chi connectivity index (χ1v) is 6.54. The summed E-state index contributed by atoms with van der Waals surface area (Å²) in [5.41, 5.74) is 8.37. The zero-order chi connectivity index (χ0) is 12.9. The lowest BCUT2D eigenvalue weighted by atomic mass is 9.84. The summed E-state index contributed by atoms with van der Waals surface area (Å²) in [6.07, 6.45) is 0. The Balaban J connectivity index is 2.30. The van der Waals surface area contributed by atoms with Gasteiger partial charge < -0.3 is 4.90 Å². The Morgan fingerprint density at radius 3 is 2.44 bits per heavy atom. The first kappa shape index (κ1) is 11.3. The average Bonchev–Trinajstić information content (AvgIpc) is 2.39. The van der Waals surface area contributed by atoms with Gasteiger partial charge in [0.25, 0.3) is 0 Å². The largest absolute Gasteiger partial charge is 0.344 e. The van der Waals surface area contributed by atoms with E-state index >= 15 is 0 Å². The van der Waals surface area contributed by atoms with E-state index in [9.17, 15) is 0 Å². The Morgan fingerprint density at radius 2 is 1.67 bits per heavy atom. The molecular weight excluding hydrogens is 218 g/mol. The smallest absolute Gasteiger partial charge is 0.0479 e. The lowest BCUT2D eigenvalue weighted by Crippen LogP contribution is -2.21. The lowest BCUT2D eigenvalue weighted by molar-refractivity contribution is 0.876. The molecule has 3 rings (SSSR count). The van der Waals surface area contributed by atoms with E-state index in [1.807, 2.05) is 0 Å². The van der Waals surface area contributed by atoms with Gasteiger partial charge in [-0.05, 0) is 42.2 Å². The quantitative estimate of drug-likeness (QED) is 0.650. The van der Waals surface area contributed by atoms with Crippen LogP contribution in [0.2, 0.25) is 0 Å². The molecule has 1 heterocycles. The normalized spacial score (nSPS) is 17.3. The van der Waals surface area contributed by atoms with Crippen molar-refractivity contribution in [2.45, 2.75) is 26.7 Å². The van der Waals surface area contributed by atoms with Crippen LogP contribution in [0.15, 0.2) is 36.4 Å². The molecule has 0 aliphatic carbocycles. The molecule has 1 atom stereocenters. The summed E-state index contributed by atoms with van der Waals surface area (Å²) < 4.78 is 0. The van der Waals surface area contributed by atoms with Gasteiger partial charge in [0.2, 0.25) is 0 Å². The molecule has 18 heavy (non-hydrogen) atoms. The molecule has 0 aromatic heterocycles. The Hall–Kier alpha value is -1.76.